The smallest absolute Gasteiger partial charge is 0.273 e. The lowest BCUT2D eigenvalue weighted by atomic mass is 9.88. The Morgan fingerprint density at radius 2 is 1.77 bits per heavy atom. The number of likely N-dealkylation sites (tertiary alicyclic amines) is 1. The van der Waals surface area contributed by atoms with Gasteiger partial charge in [0.25, 0.3) is 11.6 Å². The highest BCUT2D eigenvalue weighted by Crippen LogP contribution is 2.36. The van der Waals surface area contributed by atoms with E-state index < -0.39 is 0 Å². The molecule has 1 fully saturated rings. The Kier molecular flexibility index (Phi) is 7.56. The van der Waals surface area contributed by atoms with Gasteiger partial charge in [-0.3, -0.25) is 19.8 Å². The van der Waals surface area contributed by atoms with E-state index in [0.717, 1.165) is 5.56 Å². The normalized spacial score (nSPS) is 18.1. The highest BCUT2D eigenvalue weighted by Gasteiger charge is 2.37. The maximum Gasteiger partial charge on any atom is 0.273 e. The van der Waals surface area contributed by atoms with Crippen LogP contribution in [0.15, 0.2) is 78.9 Å². The standard InChI is InChI=1S/C28H30FN3O3/c1-20(2)31(28(33)21-9-4-3-5-10-21)18-24-17-30(16-23-11-6-7-14-27(23)32(34)35)19-26(24)22-12-8-13-25(29)15-22/h3-15,20,24,26H,16-19H2,1-2H3. The van der Waals surface area contributed by atoms with E-state index in [1.807, 2.05) is 55.1 Å². The predicted molar refractivity (Wildman–Crippen MR) is 134 cm³/mol. The van der Waals surface area contributed by atoms with Gasteiger partial charge in [-0.25, -0.2) is 4.39 Å². The number of nitrogens with zero attached hydrogens (tertiary/aromatic N) is 3. The second-order valence-corrected chi connectivity index (χ2v) is 9.42. The molecule has 1 heterocycles. The molecule has 0 aliphatic carbocycles. The third-order valence-corrected chi connectivity index (χ3v) is 6.71. The van der Waals surface area contributed by atoms with E-state index in [-0.39, 0.29) is 40.2 Å². The SMILES string of the molecule is CC(C)N(CC1CN(Cc2ccccc2[N+](=O)[O-])CC1c1cccc(F)c1)C(=O)c1ccccc1. The number of nitro groups is 1. The number of hydrogen-bond donors (Lipinski definition) is 0. The largest absolute Gasteiger partial charge is 0.336 e. The summed E-state index contributed by atoms with van der Waals surface area (Å²) < 4.78 is 14.1. The number of halogens is 1. The first-order chi connectivity index (χ1) is 16.8. The third kappa shape index (κ3) is 5.74. The lowest BCUT2D eigenvalue weighted by Gasteiger charge is -2.32. The van der Waals surface area contributed by atoms with Crippen molar-refractivity contribution in [2.75, 3.05) is 19.6 Å². The number of carbonyl (C=O) groups excluding carboxylic acids is 1. The summed E-state index contributed by atoms with van der Waals surface area (Å²) >= 11 is 0. The molecule has 1 saturated heterocycles. The molecule has 1 aliphatic heterocycles. The van der Waals surface area contributed by atoms with Gasteiger partial charge in [0.2, 0.25) is 0 Å². The van der Waals surface area contributed by atoms with Crippen molar-refractivity contribution in [3.8, 4) is 0 Å². The molecule has 4 rings (SSSR count). The minimum atomic E-state index is -0.355. The summed E-state index contributed by atoms with van der Waals surface area (Å²) in [7, 11) is 0. The quantitative estimate of drug-likeness (QED) is 0.319. The van der Waals surface area contributed by atoms with Gasteiger partial charge in [0.1, 0.15) is 5.82 Å². The van der Waals surface area contributed by atoms with Crippen LogP contribution in [0.2, 0.25) is 0 Å². The minimum Gasteiger partial charge on any atom is -0.336 e. The molecule has 0 aromatic heterocycles. The van der Waals surface area contributed by atoms with Gasteiger partial charge in [-0.05, 0) is 49.6 Å². The van der Waals surface area contributed by atoms with Crippen LogP contribution in [0.4, 0.5) is 10.1 Å². The van der Waals surface area contributed by atoms with E-state index in [1.54, 1.807) is 30.3 Å². The van der Waals surface area contributed by atoms with Gasteiger partial charge in [0, 0.05) is 55.3 Å². The molecule has 0 N–H and O–H groups in total. The first-order valence-electron chi connectivity index (χ1n) is 11.9. The second kappa shape index (κ2) is 10.8. The lowest BCUT2D eigenvalue weighted by Crippen LogP contribution is -2.42. The molecule has 0 saturated carbocycles. The van der Waals surface area contributed by atoms with E-state index >= 15 is 0 Å². The van der Waals surface area contributed by atoms with Crippen molar-refractivity contribution in [2.24, 2.45) is 5.92 Å². The van der Waals surface area contributed by atoms with Gasteiger partial charge in [-0.2, -0.15) is 0 Å². The summed E-state index contributed by atoms with van der Waals surface area (Å²) in [5.74, 6) is -0.275. The number of hydrogen-bond acceptors (Lipinski definition) is 4. The van der Waals surface area contributed by atoms with Crippen LogP contribution in [0.5, 0.6) is 0 Å². The number of benzene rings is 3. The van der Waals surface area contributed by atoms with Crippen LogP contribution in [0.1, 0.15) is 41.3 Å². The van der Waals surface area contributed by atoms with Crippen LogP contribution in [0.3, 0.4) is 0 Å². The van der Waals surface area contributed by atoms with E-state index in [2.05, 4.69) is 4.90 Å². The van der Waals surface area contributed by atoms with Crippen LogP contribution >= 0.6 is 0 Å². The van der Waals surface area contributed by atoms with Crippen LogP contribution in [0.25, 0.3) is 0 Å². The number of para-hydroxylation sites is 1. The average molecular weight is 476 g/mol. The summed E-state index contributed by atoms with van der Waals surface area (Å²) in [6, 6.07) is 22.6. The molecule has 0 radical (unpaired) electrons. The van der Waals surface area contributed by atoms with Gasteiger partial charge in [0.15, 0.2) is 0 Å². The third-order valence-electron chi connectivity index (χ3n) is 6.71. The molecule has 2 unspecified atom stereocenters. The molecular weight excluding hydrogens is 445 g/mol. The maximum atomic E-state index is 14.1. The fourth-order valence-electron chi connectivity index (χ4n) is 4.98. The molecule has 0 spiro atoms. The topological polar surface area (TPSA) is 66.7 Å². The van der Waals surface area contributed by atoms with Gasteiger partial charge in [-0.1, -0.05) is 48.5 Å². The molecule has 6 nitrogen and oxygen atoms in total. The number of carbonyl (C=O) groups is 1. The molecule has 3 aromatic carbocycles. The number of nitro benzene ring substituents is 1. The second-order valence-electron chi connectivity index (χ2n) is 9.42. The Morgan fingerprint density at radius 3 is 2.46 bits per heavy atom. The fraction of sp³-hybridized carbons (Fsp3) is 0.321. The Hall–Kier alpha value is -3.58. The van der Waals surface area contributed by atoms with Crippen molar-refractivity contribution < 1.29 is 14.1 Å². The summed E-state index contributed by atoms with van der Waals surface area (Å²) in [5, 5.41) is 11.5. The zero-order chi connectivity index (χ0) is 24.9. The molecule has 7 heteroatoms. The predicted octanol–water partition coefficient (Wildman–Crippen LogP) is 5.50. The van der Waals surface area contributed by atoms with Crippen molar-refractivity contribution in [1.29, 1.82) is 0 Å². The van der Waals surface area contributed by atoms with E-state index in [9.17, 15) is 19.3 Å². The van der Waals surface area contributed by atoms with Crippen molar-refractivity contribution in [2.45, 2.75) is 32.4 Å². The first kappa shape index (κ1) is 24.5. The summed E-state index contributed by atoms with van der Waals surface area (Å²) in [6.45, 7) is 6.22. The molecular formula is C28H30FN3O3. The van der Waals surface area contributed by atoms with Crippen molar-refractivity contribution in [3.05, 3.63) is 111 Å². The Bertz CT molecular complexity index is 1180. The Labute approximate surface area is 205 Å². The molecule has 2 atom stereocenters. The zero-order valence-electron chi connectivity index (χ0n) is 20.0. The van der Waals surface area contributed by atoms with E-state index in [0.29, 0.717) is 37.3 Å². The zero-order valence-corrected chi connectivity index (χ0v) is 20.0. The van der Waals surface area contributed by atoms with Crippen molar-refractivity contribution in [3.63, 3.8) is 0 Å². The molecule has 35 heavy (non-hydrogen) atoms. The van der Waals surface area contributed by atoms with Gasteiger partial charge >= 0.3 is 0 Å². The van der Waals surface area contributed by atoms with Crippen LogP contribution in [-0.2, 0) is 6.54 Å². The highest BCUT2D eigenvalue weighted by molar-refractivity contribution is 5.94. The van der Waals surface area contributed by atoms with Gasteiger partial charge in [0.05, 0.1) is 4.92 Å². The number of amides is 1. The van der Waals surface area contributed by atoms with Crippen LogP contribution in [-0.4, -0.2) is 46.3 Å². The molecule has 0 bridgehead atoms. The average Bonchev–Trinajstić information content (AvgIpc) is 3.25. The summed E-state index contributed by atoms with van der Waals surface area (Å²) in [4.78, 5) is 28.6. The van der Waals surface area contributed by atoms with Crippen molar-refractivity contribution in [1.82, 2.24) is 9.80 Å². The Morgan fingerprint density at radius 1 is 1.06 bits per heavy atom. The van der Waals surface area contributed by atoms with Crippen molar-refractivity contribution >= 4 is 11.6 Å². The van der Waals surface area contributed by atoms with Gasteiger partial charge in [-0.15, -0.1) is 0 Å². The van der Waals surface area contributed by atoms with Gasteiger partial charge < -0.3 is 4.90 Å². The minimum absolute atomic E-state index is 0.00158. The van der Waals surface area contributed by atoms with E-state index in [1.165, 1.54) is 12.1 Å². The highest BCUT2D eigenvalue weighted by atomic mass is 19.1. The monoisotopic (exact) mass is 475 g/mol. The molecule has 3 aromatic rings. The fourth-order valence-corrected chi connectivity index (χ4v) is 4.98. The van der Waals surface area contributed by atoms with E-state index in [4.69, 9.17) is 0 Å². The van der Waals surface area contributed by atoms with Crippen LogP contribution < -0.4 is 0 Å². The maximum absolute atomic E-state index is 14.1. The molecule has 1 amide bonds. The lowest BCUT2D eigenvalue weighted by molar-refractivity contribution is -0.385. The molecule has 182 valence electrons. The van der Waals surface area contributed by atoms with Crippen LogP contribution in [0, 0.1) is 21.8 Å². The molecule has 1 aliphatic rings. The number of rotatable bonds is 8. The summed E-state index contributed by atoms with van der Waals surface area (Å²) in [5.41, 5.74) is 2.27. The summed E-state index contributed by atoms with van der Waals surface area (Å²) in [6.07, 6.45) is 0. The first-order valence-corrected chi connectivity index (χ1v) is 11.9. The Balaban J connectivity index is 1.61.